The summed E-state index contributed by atoms with van der Waals surface area (Å²) in [6.07, 6.45) is 1.85. The summed E-state index contributed by atoms with van der Waals surface area (Å²) in [6.45, 7) is 3.78. The van der Waals surface area contributed by atoms with Crippen LogP contribution in [0.15, 0.2) is 34.8 Å². The molecule has 0 unspecified atom stereocenters. The highest BCUT2D eigenvalue weighted by Crippen LogP contribution is 2.16. The summed E-state index contributed by atoms with van der Waals surface area (Å²) in [5.74, 6) is 0.165. The molecule has 0 N–H and O–H groups in total. The number of carbonyl (C=O) groups excluding carboxylic acids is 1. The van der Waals surface area contributed by atoms with Crippen molar-refractivity contribution in [2.24, 2.45) is 5.92 Å². The number of hydrogen-bond acceptors (Lipinski definition) is 1. The van der Waals surface area contributed by atoms with Crippen LogP contribution < -0.4 is 0 Å². The van der Waals surface area contributed by atoms with E-state index in [0.29, 0.717) is 4.48 Å². The van der Waals surface area contributed by atoms with Crippen molar-refractivity contribution < 1.29 is 4.79 Å². The number of benzene rings is 1. The van der Waals surface area contributed by atoms with Crippen LogP contribution in [0.2, 0.25) is 0 Å². The van der Waals surface area contributed by atoms with Gasteiger partial charge in [-0.05, 0) is 27.6 Å². The second-order valence-electron chi connectivity index (χ2n) is 3.42. The average molecular weight is 253 g/mol. The van der Waals surface area contributed by atoms with E-state index in [1.165, 1.54) is 0 Å². The van der Waals surface area contributed by atoms with Gasteiger partial charge in [0.1, 0.15) is 0 Å². The average Bonchev–Trinajstić information content (AvgIpc) is 2.18. The zero-order chi connectivity index (χ0) is 10.6. The van der Waals surface area contributed by atoms with Gasteiger partial charge in [-0.15, -0.1) is 0 Å². The van der Waals surface area contributed by atoms with Gasteiger partial charge in [-0.25, -0.2) is 0 Å². The van der Waals surface area contributed by atoms with E-state index in [1.807, 2.05) is 50.3 Å². The van der Waals surface area contributed by atoms with E-state index in [2.05, 4.69) is 15.9 Å². The minimum atomic E-state index is 0.0318. The highest BCUT2D eigenvalue weighted by molar-refractivity contribution is 9.12. The molecule has 0 heterocycles. The maximum Gasteiger partial charge on any atom is 0.172 e. The lowest BCUT2D eigenvalue weighted by Gasteiger charge is -2.02. The molecule has 1 aromatic carbocycles. The summed E-state index contributed by atoms with van der Waals surface area (Å²) in [5.41, 5.74) is 1.04. The van der Waals surface area contributed by atoms with E-state index in [-0.39, 0.29) is 11.7 Å². The fourth-order valence-electron chi connectivity index (χ4n) is 1.04. The third kappa shape index (κ3) is 3.11. The minimum absolute atomic E-state index is 0.0318. The van der Waals surface area contributed by atoms with Crippen molar-refractivity contribution in [2.75, 3.05) is 0 Å². The summed E-state index contributed by atoms with van der Waals surface area (Å²) in [4.78, 5) is 11.5. The number of hydrogen-bond donors (Lipinski definition) is 0. The van der Waals surface area contributed by atoms with E-state index >= 15 is 0 Å². The Kier molecular flexibility index (Phi) is 4.08. The first-order chi connectivity index (χ1) is 6.61. The Balaban J connectivity index is 2.84. The van der Waals surface area contributed by atoms with Crippen molar-refractivity contribution in [3.05, 3.63) is 40.4 Å². The third-order valence-corrected chi connectivity index (χ3v) is 2.47. The smallest absolute Gasteiger partial charge is 0.172 e. The summed E-state index contributed by atoms with van der Waals surface area (Å²) in [7, 11) is 0. The predicted molar refractivity (Wildman–Crippen MR) is 63.2 cm³/mol. The van der Waals surface area contributed by atoms with Gasteiger partial charge >= 0.3 is 0 Å². The maximum atomic E-state index is 11.5. The molecule has 0 aliphatic rings. The van der Waals surface area contributed by atoms with E-state index < -0.39 is 0 Å². The number of ketones is 1. The van der Waals surface area contributed by atoms with Crippen LogP contribution in [0.5, 0.6) is 0 Å². The molecule has 74 valence electrons. The number of carbonyl (C=O) groups is 1. The first kappa shape index (κ1) is 11.2. The van der Waals surface area contributed by atoms with E-state index in [4.69, 9.17) is 0 Å². The quantitative estimate of drug-likeness (QED) is 0.751. The van der Waals surface area contributed by atoms with Crippen LogP contribution in [0.3, 0.4) is 0 Å². The lowest BCUT2D eigenvalue weighted by Crippen LogP contribution is -2.05. The first-order valence-corrected chi connectivity index (χ1v) is 5.37. The third-order valence-electron chi connectivity index (χ3n) is 1.85. The van der Waals surface area contributed by atoms with E-state index in [0.717, 1.165) is 5.56 Å². The summed E-state index contributed by atoms with van der Waals surface area (Å²) in [6, 6.07) is 9.79. The van der Waals surface area contributed by atoms with Crippen molar-refractivity contribution in [3.63, 3.8) is 0 Å². The molecule has 0 aliphatic carbocycles. The van der Waals surface area contributed by atoms with Gasteiger partial charge in [0.25, 0.3) is 0 Å². The molecule has 2 heteroatoms. The van der Waals surface area contributed by atoms with Gasteiger partial charge in [-0.3, -0.25) is 4.79 Å². The molecule has 0 bridgehead atoms. The summed E-state index contributed by atoms with van der Waals surface area (Å²) in [5, 5.41) is 0. The zero-order valence-electron chi connectivity index (χ0n) is 8.33. The molecular formula is C12H13BrO. The Morgan fingerprint density at radius 2 is 1.86 bits per heavy atom. The van der Waals surface area contributed by atoms with Crippen LogP contribution in [0.4, 0.5) is 0 Å². The van der Waals surface area contributed by atoms with Gasteiger partial charge in [0, 0.05) is 5.92 Å². The Labute approximate surface area is 93.0 Å². The molecule has 1 rings (SSSR count). The molecule has 0 aromatic heterocycles. The van der Waals surface area contributed by atoms with Crippen LogP contribution in [0.1, 0.15) is 19.4 Å². The molecule has 0 amide bonds. The molecule has 1 nitrogen and oxygen atoms in total. The Morgan fingerprint density at radius 3 is 2.36 bits per heavy atom. The van der Waals surface area contributed by atoms with Crippen LogP contribution >= 0.6 is 15.9 Å². The number of allylic oxidation sites excluding steroid dienone is 1. The fourth-order valence-corrected chi connectivity index (χ4v) is 1.76. The summed E-state index contributed by atoms with van der Waals surface area (Å²) >= 11 is 3.29. The summed E-state index contributed by atoms with van der Waals surface area (Å²) < 4.78 is 0.638. The van der Waals surface area contributed by atoms with Gasteiger partial charge in [-0.2, -0.15) is 0 Å². The molecular weight excluding hydrogens is 240 g/mol. The maximum absolute atomic E-state index is 11.5. The number of halogens is 1. The van der Waals surface area contributed by atoms with E-state index in [1.54, 1.807) is 0 Å². The Hall–Kier alpha value is -0.890. The Bertz CT molecular complexity index is 339. The van der Waals surface area contributed by atoms with Gasteiger partial charge in [-0.1, -0.05) is 44.2 Å². The molecule has 0 spiro atoms. The monoisotopic (exact) mass is 252 g/mol. The predicted octanol–water partition coefficient (Wildman–Crippen LogP) is 3.65. The molecule has 0 fully saturated rings. The molecule has 0 atom stereocenters. The molecule has 0 saturated heterocycles. The largest absolute Gasteiger partial charge is 0.293 e. The number of rotatable bonds is 3. The van der Waals surface area contributed by atoms with Crippen LogP contribution in [0.25, 0.3) is 6.08 Å². The van der Waals surface area contributed by atoms with Gasteiger partial charge < -0.3 is 0 Å². The van der Waals surface area contributed by atoms with Gasteiger partial charge in [0.05, 0.1) is 4.48 Å². The van der Waals surface area contributed by atoms with Crippen molar-refractivity contribution in [1.29, 1.82) is 0 Å². The van der Waals surface area contributed by atoms with Crippen molar-refractivity contribution in [3.8, 4) is 0 Å². The fraction of sp³-hybridized carbons (Fsp3) is 0.250. The lowest BCUT2D eigenvalue weighted by molar-refractivity contribution is -0.117. The first-order valence-electron chi connectivity index (χ1n) is 4.57. The molecule has 0 saturated carbocycles. The van der Waals surface area contributed by atoms with Crippen LogP contribution in [-0.4, -0.2) is 5.78 Å². The topological polar surface area (TPSA) is 17.1 Å². The molecule has 0 radical (unpaired) electrons. The highest BCUT2D eigenvalue weighted by Gasteiger charge is 2.10. The molecule has 1 aromatic rings. The van der Waals surface area contributed by atoms with Crippen LogP contribution in [-0.2, 0) is 4.79 Å². The van der Waals surface area contributed by atoms with Crippen molar-refractivity contribution >= 4 is 27.8 Å². The highest BCUT2D eigenvalue weighted by atomic mass is 79.9. The zero-order valence-corrected chi connectivity index (χ0v) is 9.91. The van der Waals surface area contributed by atoms with Crippen LogP contribution in [0, 0.1) is 5.92 Å². The van der Waals surface area contributed by atoms with Gasteiger partial charge in [0.2, 0.25) is 0 Å². The second kappa shape index (κ2) is 5.11. The normalized spacial score (nSPS) is 11.9. The standard InChI is InChI=1S/C12H13BrO/c1-9(2)12(14)11(13)8-10-6-4-3-5-7-10/h3-9H,1-2H3/b11-8-. The van der Waals surface area contributed by atoms with Gasteiger partial charge in [0.15, 0.2) is 5.78 Å². The van der Waals surface area contributed by atoms with Crippen molar-refractivity contribution in [2.45, 2.75) is 13.8 Å². The Morgan fingerprint density at radius 1 is 1.29 bits per heavy atom. The van der Waals surface area contributed by atoms with E-state index in [9.17, 15) is 4.79 Å². The molecule has 0 aliphatic heterocycles. The minimum Gasteiger partial charge on any atom is -0.293 e. The lowest BCUT2D eigenvalue weighted by atomic mass is 10.1. The molecule has 14 heavy (non-hydrogen) atoms. The number of Topliss-reactive ketones (excluding diaryl/α,β-unsaturated/α-hetero) is 1. The SMILES string of the molecule is CC(C)C(=O)/C(Br)=C/c1ccccc1. The van der Waals surface area contributed by atoms with Crippen molar-refractivity contribution in [1.82, 2.24) is 0 Å². The second-order valence-corrected chi connectivity index (χ2v) is 4.28.